The highest BCUT2D eigenvalue weighted by molar-refractivity contribution is 5.82. The Morgan fingerprint density at radius 2 is 2.07 bits per heavy atom. The zero-order valence-electron chi connectivity index (χ0n) is 15.3. The molecule has 2 N–H and O–H groups in total. The molecule has 0 aliphatic heterocycles. The molecule has 8 nitrogen and oxygen atoms in total. The Bertz CT molecular complexity index is 1140. The molecule has 0 atom stereocenters. The molecule has 0 aromatic carbocycles. The third-order valence-corrected chi connectivity index (χ3v) is 5.24. The fourth-order valence-electron chi connectivity index (χ4n) is 3.71. The van der Waals surface area contributed by atoms with E-state index in [9.17, 15) is 5.11 Å². The van der Waals surface area contributed by atoms with Crippen molar-refractivity contribution in [2.45, 2.75) is 45.4 Å². The van der Waals surface area contributed by atoms with Gasteiger partial charge in [0.2, 0.25) is 5.95 Å². The second-order valence-electron chi connectivity index (χ2n) is 7.05. The predicted octanol–water partition coefficient (Wildman–Crippen LogP) is 2.40. The van der Waals surface area contributed by atoms with E-state index in [2.05, 4.69) is 31.9 Å². The lowest BCUT2D eigenvalue weighted by molar-refractivity contribution is 0.0833. The van der Waals surface area contributed by atoms with Crippen molar-refractivity contribution < 1.29 is 5.11 Å². The van der Waals surface area contributed by atoms with Crippen molar-refractivity contribution in [2.75, 3.05) is 5.32 Å². The van der Waals surface area contributed by atoms with E-state index in [1.807, 2.05) is 42.0 Å². The third-order valence-electron chi connectivity index (χ3n) is 5.24. The van der Waals surface area contributed by atoms with Gasteiger partial charge in [-0.15, -0.1) is 5.10 Å². The summed E-state index contributed by atoms with van der Waals surface area (Å²) in [5.74, 6) is 1.55. The average molecular weight is 363 g/mol. The smallest absolute Gasteiger partial charge is 0.241 e. The van der Waals surface area contributed by atoms with Crippen LogP contribution in [0.15, 0.2) is 30.6 Å². The molecule has 0 radical (unpaired) electrons. The Morgan fingerprint density at radius 1 is 1.22 bits per heavy atom. The van der Waals surface area contributed by atoms with Gasteiger partial charge >= 0.3 is 0 Å². The molecular weight excluding hydrogens is 342 g/mol. The van der Waals surface area contributed by atoms with Crippen LogP contribution in [0.1, 0.15) is 25.6 Å². The number of imidazole rings is 1. The number of nitrogens with zero attached hydrogens (tertiary/aromatic N) is 6. The average Bonchev–Trinajstić information content (AvgIpc) is 3.19. The molecule has 4 aromatic heterocycles. The molecule has 1 fully saturated rings. The summed E-state index contributed by atoms with van der Waals surface area (Å²) in [4.78, 5) is 13.9. The van der Waals surface area contributed by atoms with Crippen LogP contribution in [0, 0.1) is 6.92 Å². The fraction of sp³-hybridized carbons (Fsp3) is 0.368. The molecule has 1 saturated carbocycles. The van der Waals surface area contributed by atoms with Gasteiger partial charge in [-0.25, -0.2) is 19.5 Å². The number of rotatable bonds is 4. The normalized spacial score (nSPS) is 19.5. The highest BCUT2D eigenvalue weighted by Gasteiger charge is 2.27. The lowest BCUT2D eigenvalue weighted by Crippen LogP contribution is -2.39. The quantitative estimate of drug-likeness (QED) is 0.578. The summed E-state index contributed by atoms with van der Waals surface area (Å²) in [6.07, 6.45) is 5.01. The van der Waals surface area contributed by atoms with E-state index in [4.69, 9.17) is 4.98 Å². The first-order valence-electron chi connectivity index (χ1n) is 9.25. The second-order valence-corrected chi connectivity index (χ2v) is 7.05. The number of hydrogen-bond acceptors (Lipinski definition) is 6. The summed E-state index contributed by atoms with van der Waals surface area (Å²) >= 11 is 0. The van der Waals surface area contributed by atoms with Crippen LogP contribution in [0.4, 0.5) is 5.95 Å². The molecule has 4 heterocycles. The van der Waals surface area contributed by atoms with Crippen LogP contribution in [0.5, 0.6) is 0 Å². The minimum atomic E-state index is -0.203. The molecule has 0 unspecified atom stereocenters. The molecule has 27 heavy (non-hydrogen) atoms. The molecule has 0 bridgehead atoms. The molecule has 1 aliphatic carbocycles. The molecule has 0 saturated heterocycles. The van der Waals surface area contributed by atoms with Crippen molar-refractivity contribution in [1.82, 2.24) is 29.1 Å². The molecule has 0 amide bonds. The van der Waals surface area contributed by atoms with E-state index in [0.29, 0.717) is 5.95 Å². The first kappa shape index (κ1) is 16.2. The number of aryl methyl sites for hydroxylation is 2. The molecule has 5 rings (SSSR count). The number of pyridine rings is 1. The van der Waals surface area contributed by atoms with E-state index < -0.39 is 0 Å². The number of aliphatic hydroxyl groups is 1. The van der Waals surface area contributed by atoms with Crippen LogP contribution >= 0.6 is 0 Å². The number of aliphatic hydroxyl groups excluding tert-OH is 1. The van der Waals surface area contributed by atoms with Crippen LogP contribution in [-0.4, -0.2) is 46.4 Å². The summed E-state index contributed by atoms with van der Waals surface area (Å²) in [7, 11) is 0. The van der Waals surface area contributed by atoms with Crippen LogP contribution in [0.25, 0.3) is 27.9 Å². The summed E-state index contributed by atoms with van der Waals surface area (Å²) in [5.41, 5.74) is 4.58. The van der Waals surface area contributed by atoms with Crippen LogP contribution in [-0.2, 0) is 6.54 Å². The van der Waals surface area contributed by atoms with Crippen molar-refractivity contribution in [3.05, 3.63) is 36.4 Å². The van der Waals surface area contributed by atoms with Gasteiger partial charge in [0.25, 0.3) is 0 Å². The van der Waals surface area contributed by atoms with Crippen LogP contribution in [0.3, 0.4) is 0 Å². The lowest BCUT2D eigenvalue weighted by Gasteiger charge is -2.31. The molecule has 138 valence electrons. The Kier molecular flexibility index (Phi) is 3.61. The van der Waals surface area contributed by atoms with Crippen molar-refractivity contribution >= 4 is 22.6 Å². The molecular formula is C19H21N7O. The topological polar surface area (TPSA) is 93.2 Å². The van der Waals surface area contributed by atoms with Gasteiger partial charge in [0.15, 0.2) is 5.65 Å². The second kappa shape index (κ2) is 6.02. The van der Waals surface area contributed by atoms with Crippen LogP contribution < -0.4 is 5.32 Å². The van der Waals surface area contributed by atoms with Crippen LogP contribution in [0.2, 0.25) is 0 Å². The maximum absolute atomic E-state index is 9.41. The number of anilines is 1. The van der Waals surface area contributed by atoms with Gasteiger partial charge in [-0.2, -0.15) is 0 Å². The standard InChI is InChI=1S/C19H21N7O/c1-3-25-11(2)21-16-5-4-15(23-18(16)25)14-6-7-26-17(14)10-20-19(24-26)22-12-8-13(27)9-12/h4-7,10,12-13,27H,3,8-9H2,1-2H3,(H,22,24)/t12-,13+. The van der Waals surface area contributed by atoms with E-state index in [1.165, 1.54) is 0 Å². The van der Waals surface area contributed by atoms with Gasteiger partial charge in [0, 0.05) is 24.3 Å². The Labute approximate surface area is 155 Å². The summed E-state index contributed by atoms with van der Waals surface area (Å²) in [6.45, 7) is 4.94. The Hall–Kier alpha value is -3.00. The minimum Gasteiger partial charge on any atom is -0.393 e. The number of aromatic nitrogens is 6. The van der Waals surface area contributed by atoms with Gasteiger partial charge in [-0.3, -0.25) is 0 Å². The lowest BCUT2D eigenvalue weighted by atomic mass is 9.90. The number of fused-ring (bicyclic) bond motifs is 2. The first-order chi connectivity index (χ1) is 13.1. The van der Waals surface area contributed by atoms with Crippen molar-refractivity contribution in [3.63, 3.8) is 0 Å². The van der Waals surface area contributed by atoms with Crippen molar-refractivity contribution in [3.8, 4) is 11.3 Å². The van der Waals surface area contributed by atoms with E-state index >= 15 is 0 Å². The zero-order valence-corrected chi connectivity index (χ0v) is 15.3. The number of nitrogens with one attached hydrogen (secondary N) is 1. The zero-order chi connectivity index (χ0) is 18.5. The Balaban J connectivity index is 1.52. The molecule has 0 spiro atoms. The van der Waals surface area contributed by atoms with E-state index in [0.717, 1.165) is 53.1 Å². The van der Waals surface area contributed by atoms with Gasteiger partial charge in [0.05, 0.1) is 23.5 Å². The minimum absolute atomic E-state index is 0.203. The highest BCUT2D eigenvalue weighted by atomic mass is 16.3. The SMILES string of the molecule is CCn1c(C)nc2ccc(-c3ccn4nc(N[C@H]5C[C@@H](O)C5)ncc34)nc21. The maximum Gasteiger partial charge on any atom is 0.241 e. The molecule has 4 aromatic rings. The summed E-state index contributed by atoms with van der Waals surface area (Å²) in [6, 6.07) is 6.26. The van der Waals surface area contributed by atoms with Crippen molar-refractivity contribution in [1.29, 1.82) is 0 Å². The molecule has 1 aliphatic rings. The number of hydrogen-bond donors (Lipinski definition) is 2. The molecule has 8 heteroatoms. The largest absolute Gasteiger partial charge is 0.393 e. The fourth-order valence-corrected chi connectivity index (χ4v) is 3.71. The van der Waals surface area contributed by atoms with Gasteiger partial charge in [-0.05, 0) is 44.9 Å². The van der Waals surface area contributed by atoms with Gasteiger partial charge in [-0.1, -0.05) is 0 Å². The highest BCUT2D eigenvalue weighted by Crippen LogP contribution is 2.27. The predicted molar refractivity (Wildman–Crippen MR) is 103 cm³/mol. The first-order valence-corrected chi connectivity index (χ1v) is 9.25. The van der Waals surface area contributed by atoms with Crippen molar-refractivity contribution in [2.24, 2.45) is 0 Å². The monoisotopic (exact) mass is 363 g/mol. The summed E-state index contributed by atoms with van der Waals surface area (Å²) in [5, 5.41) is 17.2. The Morgan fingerprint density at radius 3 is 2.85 bits per heavy atom. The van der Waals surface area contributed by atoms with Gasteiger partial charge in [0.1, 0.15) is 11.3 Å². The van der Waals surface area contributed by atoms with E-state index in [1.54, 1.807) is 0 Å². The maximum atomic E-state index is 9.41. The summed E-state index contributed by atoms with van der Waals surface area (Å²) < 4.78 is 3.93. The van der Waals surface area contributed by atoms with Gasteiger partial charge < -0.3 is 15.0 Å². The third kappa shape index (κ3) is 2.64. The van der Waals surface area contributed by atoms with E-state index in [-0.39, 0.29) is 12.1 Å².